The first-order chi connectivity index (χ1) is 6.38. The molecule has 0 bridgehead atoms. The molecule has 0 saturated carbocycles. The van der Waals surface area contributed by atoms with Crippen molar-refractivity contribution in [1.29, 1.82) is 0 Å². The Morgan fingerprint density at radius 3 is 2.57 bits per heavy atom. The van der Waals surface area contributed by atoms with Crippen LogP contribution in [0.2, 0.25) is 0 Å². The fourth-order valence-electron chi connectivity index (χ4n) is 1.48. The highest BCUT2D eigenvalue weighted by atomic mass is 19.1. The Hall–Kier alpha value is -0.890. The minimum absolute atomic E-state index is 0.238. The summed E-state index contributed by atoms with van der Waals surface area (Å²) in [5.41, 5.74) is 7.49. The topological polar surface area (TPSA) is 26.0 Å². The fourth-order valence-corrected chi connectivity index (χ4v) is 1.48. The number of nitrogens with two attached hydrogens (primary N) is 1. The van der Waals surface area contributed by atoms with Gasteiger partial charge in [-0.15, -0.1) is 0 Å². The molecule has 1 atom stereocenters. The van der Waals surface area contributed by atoms with Crippen LogP contribution < -0.4 is 5.73 Å². The van der Waals surface area contributed by atoms with Crippen LogP contribution in [0.3, 0.4) is 0 Å². The van der Waals surface area contributed by atoms with Crippen molar-refractivity contribution in [1.82, 2.24) is 0 Å². The highest BCUT2D eigenvalue weighted by Crippen LogP contribution is 2.19. The van der Waals surface area contributed by atoms with Crippen LogP contribution in [-0.4, -0.2) is 5.54 Å². The smallest absolute Gasteiger partial charge is 0.122 e. The Morgan fingerprint density at radius 1 is 1.43 bits per heavy atom. The lowest BCUT2D eigenvalue weighted by atomic mass is 9.95. The minimum Gasteiger partial charge on any atom is -0.325 e. The first kappa shape index (κ1) is 11.2. The average molecular weight is 195 g/mol. The van der Waals surface area contributed by atoms with Crippen molar-refractivity contribution in [3.8, 4) is 0 Å². The van der Waals surface area contributed by atoms with Gasteiger partial charge >= 0.3 is 0 Å². The van der Waals surface area contributed by atoms with Gasteiger partial charge in [-0.3, -0.25) is 0 Å². The van der Waals surface area contributed by atoms with Crippen molar-refractivity contribution >= 4 is 0 Å². The molecule has 0 amide bonds. The zero-order valence-corrected chi connectivity index (χ0v) is 9.05. The molecule has 0 aliphatic heterocycles. The summed E-state index contributed by atoms with van der Waals surface area (Å²) in [4.78, 5) is 0. The van der Waals surface area contributed by atoms with E-state index in [1.807, 2.05) is 32.0 Å². The molecule has 2 heteroatoms. The van der Waals surface area contributed by atoms with Crippen molar-refractivity contribution < 1.29 is 4.39 Å². The van der Waals surface area contributed by atoms with Gasteiger partial charge in [-0.05, 0) is 38.3 Å². The van der Waals surface area contributed by atoms with Gasteiger partial charge < -0.3 is 5.73 Å². The highest BCUT2D eigenvalue weighted by Gasteiger charge is 2.12. The van der Waals surface area contributed by atoms with Crippen LogP contribution in [0.4, 0.5) is 4.39 Å². The second-order valence-corrected chi connectivity index (χ2v) is 4.53. The molecule has 1 rings (SSSR count). The zero-order valence-electron chi connectivity index (χ0n) is 9.05. The molecule has 1 nitrogen and oxygen atoms in total. The van der Waals surface area contributed by atoms with E-state index in [2.05, 4.69) is 0 Å². The van der Waals surface area contributed by atoms with Gasteiger partial charge in [-0.1, -0.05) is 24.3 Å². The van der Waals surface area contributed by atoms with E-state index in [-0.39, 0.29) is 5.54 Å². The van der Waals surface area contributed by atoms with E-state index < -0.39 is 6.17 Å². The van der Waals surface area contributed by atoms with Crippen molar-refractivity contribution in [2.24, 2.45) is 5.73 Å². The van der Waals surface area contributed by atoms with Gasteiger partial charge in [0.15, 0.2) is 0 Å². The van der Waals surface area contributed by atoms with E-state index in [9.17, 15) is 4.39 Å². The zero-order chi connectivity index (χ0) is 10.8. The third kappa shape index (κ3) is 3.46. The standard InChI is InChI=1S/C12H18FN/c1-9(13)11-6-4-5-10(7-11)8-12(2,3)14/h4-7,9H,8,14H2,1-3H3. The minimum atomic E-state index is -0.907. The lowest BCUT2D eigenvalue weighted by Crippen LogP contribution is -2.34. The summed E-state index contributed by atoms with van der Waals surface area (Å²) >= 11 is 0. The van der Waals surface area contributed by atoms with Crippen molar-refractivity contribution in [2.45, 2.75) is 38.9 Å². The van der Waals surface area contributed by atoms with Crippen molar-refractivity contribution in [3.63, 3.8) is 0 Å². The number of hydrogen-bond acceptors (Lipinski definition) is 1. The first-order valence-corrected chi connectivity index (χ1v) is 4.90. The number of alkyl halides is 1. The number of hydrogen-bond donors (Lipinski definition) is 1. The SMILES string of the molecule is CC(F)c1cccc(CC(C)(C)N)c1. The molecule has 0 fully saturated rings. The molecule has 0 aliphatic rings. The van der Waals surface area contributed by atoms with E-state index >= 15 is 0 Å². The molecule has 0 radical (unpaired) electrons. The molecule has 0 saturated heterocycles. The van der Waals surface area contributed by atoms with E-state index in [1.54, 1.807) is 13.0 Å². The van der Waals surface area contributed by atoms with Crippen LogP contribution in [-0.2, 0) is 6.42 Å². The summed E-state index contributed by atoms with van der Waals surface area (Å²) < 4.78 is 13.0. The summed E-state index contributed by atoms with van der Waals surface area (Å²) in [5.74, 6) is 0. The van der Waals surface area contributed by atoms with Gasteiger partial charge in [0.2, 0.25) is 0 Å². The molecular weight excluding hydrogens is 177 g/mol. The predicted molar refractivity (Wildman–Crippen MR) is 57.9 cm³/mol. The van der Waals surface area contributed by atoms with Crippen molar-refractivity contribution in [2.75, 3.05) is 0 Å². The molecule has 1 aromatic carbocycles. The maximum atomic E-state index is 13.0. The van der Waals surface area contributed by atoms with Gasteiger partial charge in [0.25, 0.3) is 0 Å². The van der Waals surface area contributed by atoms with E-state index in [4.69, 9.17) is 5.73 Å². The van der Waals surface area contributed by atoms with Crippen LogP contribution in [0, 0.1) is 0 Å². The van der Waals surface area contributed by atoms with Gasteiger partial charge in [-0.2, -0.15) is 0 Å². The number of rotatable bonds is 3. The molecule has 2 N–H and O–H groups in total. The summed E-state index contributed by atoms with van der Waals surface area (Å²) in [5, 5.41) is 0. The molecular formula is C12H18FN. The first-order valence-electron chi connectivity index (χ1n) is 4.90. The predicted octanol–water partition coefficient (Wildman–Crippen LogP) is 3.00. The van der Waals surface area contributed by atoms with E-state index in [0.29, 0.717) is 0 Å². The molecule has 0 aromatic heterocycles. The molecule has 14 heavy (non-hydrogen) atoms. The van der Waals surface area contributed by atoms with Crippen LogP contribution in [0.25, 0.3) is 0 Å². The number of halogens is 1. The van der Waals surface area contributed by atoms with Gasteiger partial charge in [0.1, 0.15) is 6.17 Å². The maximum Gasteiger partial charge on any atom is 0.122 e. The van der Waals surface area contributed by atoms with E-state index in [1.165, 1.54) is 0 Å². The third-order valence-electron chi connectivity index (χ3n) is 2.07. The summed E-state index contributed by atoms with van der Waals surface area (Å²) in [6, 6.07) is 7.56. The van der Waals surface area contributed by atoms with Gasteiger partial charge in [0.05, 0.1) is 0 Å². The Bertz CT molecular complexity index is 299. The second kappa shape index (κ2) is 4.09. The van der Waals surface area contributed by atoms with Crippen LogP contribution >= 0.6 is 0 Å². The molecule has 78 valence electrons. The third-order valence-corrected chi connectivity index (χ3v) is 2.07. The molecule has 0 spiro atoms. The van der Waals surface area contributed by atoms with E-state index in [0.717, 1.165) is 17.5 Å². The lowest BCUT2D eigenvalue weighted by Gasteiger charge is -2.18. The normalized spacial score (nSPS) is 14.1. The maximum absolute atomic E-state index is 13.0. The summed E-state index contributed by atoms with van der Waals surface area (Å²) in [6.45, 7) is 5.49. The second-order valence-electron chi connectivity index (χ2n) is 4.53. The van der Waals surface area contributed by atoms with Gasteiger partial charge in [-0.25, -0.2) is 4.39 Å². The quantitative estimate of drug-likeness (QED) is 0.788. The van der Waals surface area contributed by atoms with Crippen LogP contribution in [0.15, 0.2) is 24.3 Å². The average Bonchev–Trinajstić information content (AvgIpc) is 2.01. The van der Waals surface area contributed by atoms with Crippen LogP contribution in [0.5, 0.6) is 0 Å². The monoisotopic (exact) mass is 195 g/mol. The Balaban J connectivity index is 2.84. The Morgan fingerprint density at radius 2 is 2.07 bits per heavy atom. The molecule has 0 aliphatic carbocycles. The largest absolute Gasteiger partial charge is 0.325 e. The number of benzene rings is 1. The highest BCUT2D eigenvalue weighted by molar-refractivity contribution is 5.26. The lowest BCUT2D eigenvalue weighted by molar-refractivity contribution is 0.373. The molecule has 1 aromatic rings. The Kier molecular flexibility index (Phi) is 3.27. The Labute approximate surface area is 85.1 Å². The summed E-state index contributed by atoms with van der Waals surface area (Å²) in [6.07, 6.45) is -0.135. The van der Waals surface area contributed by atoms with Crippen molar-refractivity contribution in [3.05, 3.63) is 35.4 Å². The van der Waals surface area contributed by atoms with Crippen LogP contribution in [0.1, 0.15) is 38.1 Å². The molecule has 1 unspecified atom stereocenters. The summed E-state index contributed by atoms with van der Waals surface area (Å²) in [7, 11) is 0. The molecule has 0 heterocycles. The fraction of sp³-hybridized carbons (Fsp3) is 0.500. The van der Waals surface area contributed by atoms with Gasteiger partial charge in [0, 0.05) is 5.54 Å².